The van der Waals surface area contributed by atoms with Crippen molar-refractivity contribution >= 4 is 11.6 Å². The summed E-state index contributed by atoms with van der Waals surface area (Å²) < 4.78 is 2.08. The van der Waals surface area contributed by atoms with Crippen LogP contribution in [0.5, 0.6) is 0 Å². The topological polar surface area (TPSA) is 59.0 Å². The summed E-state index contributed by atoms with van der Waals surface area (Å²) in [5.74, 6) is 1.06. The average Bonchev–Trinajstić information content (AvgIpc) is 2.90. The van der Waals surface area contributed by atoms with E-state index in [1.807, 2.05) is 25.1 Å². The molecule has 0 aliphatic carbocycles. The van der Waals surface area contributed by atoms with Gasteiger partial charge >= 0.3 is 0 Å². The van der Waals surface area contributed by atoms with Crippen molar-refractivity contribution in [2.45, 2.75) is 67.0 Å². The van der Waals surface area contributed by atoms with Crippen molar-refractivity contribution in [3.63, 3.8) is 0 Å². The molecule has 1 amide bonds. The molecule has 1 unspecified atom stereocenters. The van der Waals surface area contributed by atoms with Gasteiger partial charge in [-0.25, -0.2) is 0 Å². The summed E-state index contributed by atoms with van der Waals surface area (Å²) >= 11 is 0. The number of rotatable bonds is 10. The molecule has 1 heterocycles. The maximum Gasteiger partial charge on any atom is 0.220 e. The molecule has 0 bridgehead atoms. The van der Waals surface area contributed by atoms with Crippen LogP contribution >= 0.6 is 0 Å². The van der Waals surface area contributed by atoms with Crippen molar-refractivity contribution in [2.75, 3.05) is 11.9 Å². The Morgan fingerprint density at radius 2 is 1.79 bits per heavy atom. The van der Waals surface area contributed by atoms with E-state index in [1.54, 1.807) is 0 Å². The van der Waals surface area contributed by atoms with E-state index in [0.717, 1.165) is 24.3 Å². The Hall–Kier alpha value is -2.30. The molecule has 0 aliphatic heterocycles. The van der Waals surface area contributed by atoms with Crippen LogP contribution in [0.1, 0.15) is 51.1 Å². The van der Waals surface area contributed by atoms with Crippen LogP contribution in [0.15, 0.2) is 30.3 Å². The van der Waals surface area contributed by atoms with Gasteiger partial charge in [0.1, 0.15) is 0 Å². The number of nitrogens with one attached hydrogen (secondary N) is 2. The van der Waals surface area contributed by atoms with Crippen LogP contribution in [-0.2, 0) is 17.8 Å². The van der Waals surface area contributed by atoms with Gasteiger partial charge in [0.05, 0.1) is 5.69 Å². The highest BCUT2D eigenvalue weighted by molar-refractivity contribution is 5.76. The van der Waals surface area contributed by atoms with E-state index in [4.69, 9.17) is 0 Å². The number of nitrogens with zero attached hydrogens (tertiary/aromatic N) is 2. The minimum atomic E-state index is 0.0934. The van der Waals surface area contributed by atoms with Crippen molar-refractivity contribution in [1.82, 2.24) is 15.1 Å². The van der Waals surface area contributed by atoms with Gasteiger partial charge in [-0.3, -0.25) is 9.48 Å². The van der Waals surface area contributed by atoms with Gasteiger partial charge in [-0.15, -0.1) is 0 Å². The Labute approximate surface area is 169 Å². The molecule has 1 atom stereocenters. The third-order valence-electron chi connectivity index (χ3n) is 5.12. The molecule has 5 nitrogen and oxygen atoms in total. The zero-order chi connectivity index (χ0) is 20.7. The largest absolute Gasteiger partial charge is 0.380 e. The van der Waals surface area contributed by atoms with E-state index in [2.05, 4.69) is 67.2 Å². The molecule has 1 aromatic heterocycles. The standard InChI is InChI=1S/C23H36N4O/c1-16(2)15-27-19(6)21(18(5)26-27)12-13-23(28)24-14-22(17(3)4)25-20-10-8-7-9-11-20/h7-11,16-17,22,25H,12-15H2,1-6H3,(H,24,28). The van der Waals surface area contributed by atoms with Gasteiger partial charge < -0.3 is 10.6 Å². The monoisotopic (exact) mass is 384 g/mol. The fourth-order valence-corrected chi connectivity index (χ4v) is 3.37. The number of carbonyl (C=O) groups is 1. The van der Waals surface area contributed by atoms with Crippen molar-refractivity contribution < 1.29 is 4.79 Å². The Kier molecular flexibility index (Phi) is 8.09. The first-order chi connectivity index (χ1) is 13.3. The third-order valence-corrected chi connectivity index (χ3v) is 5.12. The summed E-state index contributed by atoms with van der Waals surface area (Å²) in [6.45, 7) is 14.4. The molecule has 0 spiro atoms. The van der Waals surface area contributed by atoms with Gasteiger partial charge in [0, 0.05) is 36.9 Å². The third kappa shape index (κ3) is 6.39. The normalized spacial score (nSPS) is 12.4. The minimum absolute atomic E-state index is 0.0934. The van der Waals surface area contributed by atoms with Crippen molar-refractivity contribution in [2.24, 2.45) is 11.8 Å². The van der Waals surface area contributed by atoms with Crippen molar-refractivity contribution in [3.8, 4) is 0 Å². The zero-order valence-corrected chi connectivity index (χ0v) is 18.2. The molecule has 28 heavy (non-hydrogen) atoms. The Morgan fingerprint density at radius 3 is 2.39 bits per heavy atom. The molecular weight excluding hydrogens is 348 g/mol. The highest BCUT2D eigenvalue weighted by atomic mass is 16.1. The van der Waals surface area contributed by atoms with Crippen molar-refractivity contribution in [1.29, 1.82) is 0 Å². The number of anilines is 1. The first-order valence-electron chi connectivity index (χ1n) is 10.4. The van der Waals surface area contributed by atoms with Crippen LogP contribution in [0, 0.1) is 25.7 Å². The molecule has 1 aromatic carbocycles. The van der Waals surface area contributed by atoms with Crippen LogP contribution in [0.25, 0.3) is 0 Å². The van der Waals surface area contributed by atoms with Gasteiger partial charge in [-0.05, 0) is 49.8 Å². The number of hydrogen-bond donors (Lipinski definition) is 2. The second kappa shape index (κ2) is 10.3. The summed E-state index contributed by atoms with van der Waals surface area (Å²) in [5, 5.41) is 11.3. The molecule has 0 fully saturated rings. The molecule has 0 radical (unpaired) electrons. The van der Waals surface area contributed by atoms with Crippen LogP contribution < -0.4 is 10.6 Å². The molecule has 0 aliphatic rings. The van der Waals surface area contributed by atoms with Crippen LogP contribution in [0.4, 0.5) is 5.69 Å². The number of amides is 1. The predicted molar refractivity (Wildman–Crippen MR) is 117 cm³/mol. The van der Waals surface area contributed by atoms with E-state index < -0.39 is 0 Å². The average molecular weight is 385 g/mol. The maximum absolute atomic E-state index is 12.4. The number of para-hydroxylation sites is 1. The van der Waals surface area contributed by atoms with Crippen LogP contribution in [-0.4, -0.2) is 28.3 Å². The second-order valence-electron chi connectivity index (χ2n) is 8.39. The lowest BCUT2D eigenvalue weighted by Crippen LogP contribution is -2.39. The summed E-state index contributed by atoms with van der Waals surface area (Å²) in [7, 11) is 0. The summed E-state index contributed by atoms with van der Waals surface area (Å²) in [6, 6.07) is 10.3. The fraction of sp³-hybridized carbons (Fsp3) is 0.565. The van der Waals surface area contributed by atoms with Gasteiger partial charge in [0.15, 0.2) is 0 Å². The minimum Gasteiger partial charge on any atom is -0.380 e. The molecule has 2 aromatic rings. The predicted octanol–water partition coefficient (Wildman–Crippen LogP) is 4.34. The van der Waals surface area contributed by atoms with Gasteiger partial charge in [-0.2, -0.15) is 5.10 Å². The first kappa shape index (κ1) is 22.0. The lowest BCUT2D eigenvalue weighted by Gasteiger charge is -2.24. The van der Waals surface area contributed by atoms with E-state index in [1.165, 1.54) is 11.3 Å². The van der Waals surface area contributed by atoms with Gasteiger partial charge in [0.25, 0.3) is 0 Å². The van der Waals surface area contributed by atoms with Crippen LogP contribution in [0.2, 0.25) is 0 Å². The molecule has 154 valence electrons. The fourth-order valence-electron chi connectivity index (χ4n) is 3.37. The van der Waals surface area contributed by atoms with Crippen molar-refractivity contribution in [3.05, 3.63) is 47.3 Å². The summed E-state index contributed by atoms with van der Waals surface area (Å²) in [5.41, 5.74) is 4.51. The summed E-state index contributed by atoms with van der Waals surface area (Å²) in [4.78, 5) is 12.4. The van der Waals surface area contributed by atoms with Gasteiger partial charge in [-0.1, -0.05) is 45.9 Å². The quantitative estimate of drug-likeness (QED) is 0.640. The van der Waals surface area contributed by atoms with E-state index >= 15 is 0 Å². The number of hydrogen-bond acceptors (Lipinski definition) is 3. The highest BCUT2D eigenvalue weighted by Crippen LogP contribution is 2.17. The Balaban J connectivity index is 1.87. The number of aryl methyl sites for hydroxylation is 1. The molecule has 0 saturated carbocycles. The van der Waals surface area contributed by atoms with Gasteiger partial charge in [0.2, 0.25) is 5.91 Å². The lowest BCUT2D eigenvalue weighted by molar-refractivity contribution is -0.121. The number of benzene rings is 1. The molecule has 5 heteroatoms. The van der Waals surface area contributed by atoms with E-state index in [0.29, 0.717) is 24.8 Å². The van der Waals surface area contributed by atoms with E-state index in [-0.39, 0.29) is 11.9 Å². The lowest BCUT2D eigenvalue weighted by atomic mass is 10.0. The SMILES string of the molecule is Cc1nn(CC(C)C)c(C)c1CCC(=O)NCC(Nc1ccccc1)C(C)C. The van der Waals surface area contributed by atoms with E-state index in [9.17, 15) is 4.79 Å². The molecular formula is C23H36N4O. The molecule has 2 N–H and O–H groups in total. The second-order valence-corrected chi connectivity index (χ2v) is 8.39. The number of aromatic nitrogens is 2. The highest BCUT2D eigenvalue weighted by Gasteiger charge is 2.16. The first-order valence-corrected chi connectivity index (χ1v) is 10.4. The van der Waals surface area contributed by atoms with Crippen LogP contribution in [0.3, 0.4) is 0 Å². The molecule has 2 rings (SSSR count). The number of carbonyl (C=O) groups excluding carboxylic acids is 1. The zero-order valence-electron chi connectivity index (χ0n) is 18.2. The smallest absolute Gasteiger partial charge is 0.220 e. The Bertz CT molecular complexity index is 749. The maximum atomic E-state index is 12.4. The Morgan fingerprint density at radius 1 is 1.11 bits per heavy atom. The molecule has 0 saturated heterocycles. The summed E-state index contributed by atoms with van der Waals surface area (Å²) in [6.07, 6.45) is 1.23.